The van der Waals surface area contributed by atoms with Crippen molar-refractivity contribution in [3.05, 3.63) is 17.8 Å². The number of nitrogens with zero attached hydrogens (tertiary/aromatic N) is 3. The average Bonchev–Trinajstić information content (AvgIpc) is 2.43. The van der Waals surface area contributed by atoms with Crippen LogP contribution in [0.25, 0.3) is 0 Å². The fraction of sp³-hybridized carbons (Fsp3) is 0.615. The predicted molar refractivity (Wildman–Crippen MR) is 77.9 cm³/mol. The van der Waals surface area contributed by atoms with Crippen LogP contribution in [-0.2, 0) is 4.74 Å². The van der Waals surface area contributed by atoms with E-state index >= 15 is 0 Å². The van der Waals surface area contributed by atoms with E-state index in [0.717, 1.165) is 6.54 Å². The van der Waals surface area contributed by atoms with Gasteiger partial charge in [-0.2, -0.15) is 0 Å². The maximum Gasteiger partial charge on any atom is 0.271 e. The number of hydrogen-bond donors (Lipinski definition) is 2. The van der Waals surface area contributed by atoms with Gasteiger partial charge in [-0.25, -0.2) is 0 Å². The first-order valence-electron chi connectivity index (χ1n) is 6.71. The summed E-state index contributed by atoms with van der Waals surface area (Å²) in [6.45, 7) is 5.30. The minimum atomic E-state index is -0.210. The Hall–Kier alpha value is -1.73. The number of anilines is 1. The normalized spacial score (nSPS) is 10.6. The molecule has 0 saturated carbocycles. The van der Waals surface area contributed by atoms with Gasteiger partial charge in [0.15, 0.2) is 5.69 Å². The lowest BCUT2D eigenvalue weighted by atomic mass is 10.3. The van der Waals surface area contributed by atoms with Gasteiger partial charge < -0.3 is 20.3 Å². The number of carbonyl (C=O) groups excluding carboxylic acids is 1. The summed E-state index contributed by atoms with van der Waals surface area (Å²) in [4.78, 5) is 13.6. The first-order valence-corrected chi connectivity index (χ1v) is 6.71. The van der Waals surface area contributed by atoms with E-state index in [9.17, 15) is 4.79 Å². The number of amides is 1. The van der Waals surface area contributed by atoms with Gasteiger partial charge in [-0.1, -0.05) is 0 Å². The quantitative estimate of drug-likeness (QED) is 0.630. The highest BCUT2D eigenvalue weighted by molar-refractivity contribution is 5.92. The number of carbonyl (C=O) groups is 1. The first kappa shape index (κ1) is 16.3. The molecule has 0 fully saturated rings. The van der Waals surface area contributed by atoms with Crippen LogP contribution in [0.2, 0.25) is 0 Å². The van der Waals surface area contributed by atoms with E-state index < -0.39 is 0 Å². The van der Waals surface area contributed by atoms with E-state index in [1.807, 2.05) is 21.0 Å². The molecule has 7 nitrogen and oxygen atoms in total. The summed E-state index contributed by atoms with van der Waals surface area (Å²) in [5, 5.41) is 13.6. The minimum Gasteiger partial charge on any atom is -0.378 e. The number of rotatable bonds is 9. The van der Waals surface area contributed by atoms with Gasteiger partial charge >= 0.3 is 0 Å². The first-order chi connectivity index (χ1) is 9.63. The van der Waals surface area contributed by atoms with Crippen molar-refractivity contribution in [3.8, 4) is 0 Å². The van der Waals surface area contributed by atoms with Crippen molar-refractivity contribution >= 4 is 11.7 Å². The Bertz CT molecular complexity index is 394. The van der Waals surface area contributed by atoms with Gasteiger partial charge in [0.2, 0.25) is 0 Å². The monoisotopic (exact) mass is 281 g/mol. The van der Waals surface area contributed by atoms with Gasteiger partial charge in [-0.3, -0.25) is 4.79 Å². The van der Waals surface area contributed by atoms with Gasteiger partial charge in [0.25, 0.3) is 5.91 Å². The van der Waals surface area contributed by atoms with E-state index in [1.165, 1.54) is 0 Å². The fourth-order valence-corrected chi connectivity index (χ4v) is 1.40. The molecule has 1 aromatic rings. The Labute approximate surface area is 119 Å². The molecule has 0 saturated heterocycles. The molecule has 20 heavy (non-hydrogen) atoms. The smallest absolute Gasteiger partial charge is 0.271 e. The van der Waals surface area contributed by atoms with E-state index in [1.54, 1.807) is 12.1 Å². The van der Waals surface area contributed by atoms with Crippen molar-refractivity contribution in [1.29, 1.82) is 0 Å². The molecule has 2 N–H and O–H groups in total. The van der Waals surface area contributed by atoms with Crippen molar-refractivity contribution < 1.29 is 9.53 Å². The van der Waals surface area contributed by atoms with Gasteiger partial charge in [0.1, 0.15) is 5.82 Å². The largest absolute Gasteiger partial charge is 0.378 e. The van der Waals surface area contributed by atoms with Crippen LogP contribution in [-0.4, -0.2) is 67.9 Å². The molecule has 0 aliphatic rings. The molecule has 0 aliphatic carbocycles. The van der Waals surface area contributed by atoms with E-state index in [-0.39, 0.29) is 5.91 Å². The second-order valence-electron chi connectivity index (χ2n) is 4.51. The number of ether oxygens (including phenoxy) is 1. The van der Waals surface area contributed by atoms with E-state index in [4.69, 9.17) is 4.74 Å². The van der Waals surface area contributed by atoms with Gasteiger partial charge in [-0.05, 0) is 33.2 Å². The highest BCUT2D eigenvalue weighted by atomic mass is 16.5. The molecule has 1 heterocycles. The number of likely N-dealkylation sites (N-methyl/N-ethyl adjacent to an activating group) is 1. The maximum atomic E-state index is 11.5. The van der Waals surface area contributed by atoms with Crippen LogP contribution in [0.1, 0.15) is 17.4 Å². The molecule has 0 unspecified atom stereocenters. The highest BCUT2D eigenvalue weighted by Gasteiger charge is 2.06. The molecule has 0 radical (unpaired) electrons. The van der Waals surface area contributed by atoms with E-state index in [2.05, 4.69) is 25.7 Å². The summed E-state index contributed by atoms with van der Waals surface area (Å²) in [5.41, 5.74) is 0.319. The van der Waals surface area contributed by atoms with Crippen molar-refractivity contribution in [2.75, 3.05) is 52.3 Å². The summed E-state index contributed by atoms with van der Waals surface area (Å²) in [6.07, 6.45) is 0. The SMILES string of the molecule is CCNC(=O)c1ccc(NCCOCCN(C)C)nn1. The van der Waals surface area contributed by atoms with Crippen LogP contribution in [0, 0.1) is 0 Å². The van der Waals surface area contributed by atoms with E-state index in [0.29, 0.717) is 37.8 Å². The Kier molecular flexibility index (Phi) is 7.52. The number of nitrogens with one attached hydrogen (secondary N) is 2. The average molecular weight is 281 g/mol. The second-order valence-corrected chi connectivity index (χ2v) is 4.51. The topological polar surface area (TPSA) is 79.4 Å². The zero-order valence-corrected chi connectivity index (χ0v) is 12.3. The summed E-state index contributed by atoms with van der Waals surface area (Å²) in [6, 6.07) is 3.38. The van der Waals surface area contributed by atoms with Crippen LogP contribution in [0.15, 0.2) is 12.1 Å². The molecule has 0 bridgehead atoms. The Morgan fingerprint density at radius 3 is 2.70 bits per heavy atom. The highest BCUT2D eigenvalue weighted by Crippen LogP contribution is 2.01. The Morgan fingerprint density at radius 2 is 2.10 bits per heavy atom. The third kappa shape index (κ3) is 6.44. The Morgan fingerprint density at radius 1 is 1.30 bits per heavy atom. The van der Waals surface area contributed by atoms with Crippen LogP contribution >= 0.6 is 0 Å². The molecule has 1 aromatic heterocycles. The second kappa shape index (κ2) is 9.22. The van der Waals surface area contributed by atoms with Crippen LogP contribution in [0.3, 0.4) is 0 Å². The molecule has 0 spiro atoms. The number of hydrogen-bond acceptors (Lipinski definition) is 6. The zero-order valence-electron chi connectivity index (χ0n) is 12.3. The van der Waals surface area contributed by atoms with Gasteiger partial charge in [-0.15, -0.1) is 10.2 Å². The fourth-order valence-electron chi connectivity index (χ4n) is 1.40. The van der Waals surface area contributed by atoms with Crippen LogP contribution < -0.4 is 10.6 Å². The van der Waals surface area contributed by atoms with Crippen LogP contribution in [0.4, 0.5) is 5.82 Å². The Balaban J connectivity index is 2.23. The predicted octanol–water partition coefficient (Wildman–Crippen LogP) is 0.216. The molecule has 1 amide bonds. The summed E-state index contributed by atoms with van der Waals surface area (Å²) in [7, 11) is 4.01. The minimum absolute atomic E-state index is 0.210. The third-order valence-electron chi connectivity index (χ3n) is 2.47. The lowest BCUT2D eigenvalue weighted by Gasteiger charge is -2.10. The molecule has 1 rings (SSSR count). The zero-order chi connectivity index (χ0) is 14.8. The summed E-state index contributed by atoms with van der Waals surface area (Å²) < 4.78 is 5.44. The molecule has 0 aromatic carbocycles. The lowest BCUT2D eigenvalue weighted by Crippen LogP contribution is -2.24. The number of aromatic nitrogens is 2. The van der Waals surface area contributed by atoms with Gasteiger partial charge in [0.05, 0.1) is 13.2 Å². The molecular formula is C13H23N5O2. The van der Waals surface area contributed by atoms with Gasteiger partial charge in [0, 0.05) is 19.6 Å². The van der Waals surface area contributed by atoms with Crippen molar-refractivity contribution in [2.24, 2.45) is 0 Å². The lowest BCUT2D eigenvalue weighted by molar-refractivity contribution is 0.0950. The molecule has 0 aliphatic heterocycles. The molecule has 112 valence electrons. The van der Waals surface area contributed by atoms with Crippen molar-refractivity contribution in [1.82, 2.24) is 20.4 Å². The molecule has 7 heteroatoms. The maximum absolute atomic E-state index is 11.5. The standard InChI is InChI=1S/C13H23N5O2/c1-4-14-13(19)11-5-6-12(17-16-11)15-7-9-20-10-8-18(2)3/h5-6H,4,7-10H2,1-3H3,(H,14,19)(H,15,17). The molecule has 0 atom stereocenters. The molecular weight excluding hydrogens is 258 g/mol. The summed E-state index contributed by atoms with van der Waals surface area (Å²) >= 11 is 0. The van der Waals surface area contributed by atoms with Crippen molar-refractivity contribution in [2.45, 2.75) is 6.92 Å². The van der Waals surface area contributed by atoms with Crippen LogP contribution in [0.5, 0.6) is 0 Å². The summed E-state index contributed by atoms with van der Waals surface area (Å²) in [5.74, 6) is 0.424. The third-order valence-corrected chi connectivity index (χ3v) is 2.47. The van der Waals surface area contributed by atoms with Crippen molar-refractivity contribution in [3.63, 3.8) is 0 Å².